The first-order valence-corrected chi connectivity index (χ1v) is 7.04. The van der Waals surface area contributed by atoms with Crippen LogP contribution in [-0.4, -0.2) is 47.1 Å². The molecule has 0 aliphatic heterocycles. The number of hydrogen-bond acceptors (Lipinski definition) is 7. The predicted molar refractivity (Wildman–Crippen MR) is 81.5 cm³/mol. The summed E-state index contributed by atoms with van der Waals surface area (Å²) < 4.78 is 5.02. The molecule has 0 bridgehead atoms. The number of hydrogen-bond donors (Lipinski definition) is 3. The average Bonchev–Trinajstić information content (AvgIpc) is 2.44. The smallest absolute Gasteiger partial charge is 0.322 e. The van der Waals surface area contributed by atoms with Crippen molar-refractivity contribution in [3.8, 4) is 6.01 Å². The Balaban J connectivity index is 2.72. The molecule has 0 fully saturated rings. The van der Waals surface area contributed by atoms with E-state index in [9.17, 15) is 4.79 Å². The van der Waals surface area contributed by atoms with Gasteiger partial charge in [-0.3, -0.25) is 4.79 Å². The number of ether oxygens (including phenoxy) is 1. The zero-order valence-electron chi connectivity index (χ0n) is 13.2. The fourth-order valence-electron chi connectivity index (χ4n) is 1.47. The molecule has 1 aromatic rings. The third-order valence-electron chi connectivity index (χ3n) is 2.56. The first-order chi connectivity index (χ1) is 9.96. The highest BCUT2D eigenvalue weighted by Crippen LogP contribution is 2.11. The van der Waals surface area contributed by atoms with E-state index < -0.39 is 6.04 Å². The second-order valence-corrected chi connectivity index (χ2v) is 5.00. The second-order valence-electron chi connectivity index (χ2n) is 5.00. The number of anilines is 2. The SMILES string of the molecule is CCNc1nc(NC(C)C(=O)NCC(C)C)nc(OC)n1. The molecule has 1 aromatic heterocycles. The number of nitrogens with zero attached hydrogens (tertiary/aromatic N) is 3. The van der Waals surface area contributed by atoms with Gasteiger partial charge in [-0.25, -0.2) is 0 Å². The third-order valence-corrected chi connectivity index (χ3v) is 2.56. The minimum Gasteiger partial charge on any atom is -0.467 e. The minimum atomic E-state index is -0.453. The number of rotatable bonds is 8. The molecule has 1 unspecified atom stereocenters. The van der Waals surface area contributed by atoms with Crippen molar-refractivity contribution in [1.82, 2.24) is 20.3 Å². The Bertz CT molecular complexity index is 466. The van der Waals surface area contributed by atoms with Crippen molar-refractivity contribution in [2.45, 2.75) is 33.7 Å². The van der Waals surface area contributed by atoms with Gasteiger partial charge >= 0.3 is 6.01 Å². The summed E-state index contributed by atoms with van der Waals surface area (Å²) in [5, 5.41) is 8.78. The van der Waals surface area contributed by atoms with Crippen molar-refractivity contribution in [3.05, 3.63) is 0 Å². The summed E-state index contributed by atoms with van der Waals surface area (Å²) in [5.74, 6) is 0.999. The maximum atomic E-state index is 11.9. The number of amides is 1. The van der Waals surface area contributed by atoms with Crippen molar-refractivity contribution in [2.75, 3.05) is 30.8 Å². The number of carbonyl (C=O) groups excluding carboxylic acids is 1. The Morgan fingerprint density at radius 2 is 1.86 bits per heavy atom. The third kappa shape index (κ3) is 5.80. The molecule has 0 aromatic carbocycles. The normalized spacial score (nSPS) is 11.9. The molecule has 1 amide bonds. The first-order valence-electron chi connectivity index (χ1n) is 7.04. The lowest BCUT2D eigenvalue weighted by Gasteiger charge is -2.15. The highest BCUT2D eigenvalue weighted by molar-refractivity contribution is 5.83. The van der Waals surface area contributed by atoms with Crippen LogP contribution in [0, 0.1) is 5.92 Å². The van der Waals surface area contributed by atoms with Crippen LogP contribution in [0.3, 0.4) is 0 Å². The molecule has 3 N–H and O–H groups in total. The Hall–Kier alpha value is -2.12. The van der Waals surface area contributed by atoms with E-state index in [1.54, 1.807) is 6.92 Å². The predicted octanol–water partition coefficient (Wildman–Crippen LogP) is 0.885. The molecular formula is C13H24N6O2. The summed E-state index contributed by atoms with van der Waals surface area (Å²) in [6, 6.07) is -0.261. The second kappa shape index (κ2) is 8.23. The van der Waals surface area contributed by atoms with Crippen molar-refractivity contribution >= 4 is 17.8 Å². The van der Waals surface area contributed by atoms with Crippen molar-refractivity contribution in [1.29, 1.82) is 0 Å². The van der Waals surface area contributed by atoms with Crippen molar-refractivity contribution < 1.29 is 9.53 Å². The Morgan fingerprint density at radius 1 is 1.19 bits per heavy atom. The molecule has 1 atom stereocenters. The first kappa shape index (κ1) is 16.9. The molecular weight excluding hydrogens is 272 g/mol. The maximum absolute atomic E-state index is 11.9. The van der Waals surface area contributed by atoms with Crippen LogP contribution in [0.5, 0.6) is 6.01 Å². The largest absolute Gasteiger partial charge is 0.467 e. The van der Waals surface area contributed by atoms with E-state index in [0.29, 0.717) is 30.9 Å². The van der Waals surface area contributed by atoms with Gasteiger partial charge in [-0.15, -0.1) is 0 Å². The molecule has 1 rings (SSSR count). The van der Waals surface area contributed by atoms with E-state index in [0.717, 1.165) is 0 Å². The number of methoxy groups -OCH3 is 1. The van der Waals surface area contributed by atoms with Gasteiger partial charge in [-0.1, -0.05) is 13.8 Å². The molecule has 8 nitrogen and oxygen atoms in total. The van der Waals surface area contributed by atoms with E-state index in [1.807, 2.05) is 20.8 Å². The molecule has 8 heteroatoms. The van der Waals surface area contributed by atoms with Gasteiger partial charge in [-0.05, 0) is 19.8 Å². The zero-order chi connectivity index (χ0) is 15.8. The molecule has 1 heterocycles. The van der Waals surface area contributed by atoms with Crippen molar-refractivity contribution in [3.63, 3.8) is 0 Å². The summed E-state index contributed by atoms with van der Waals surface area (Å²) in [6.07, 6.45) is 0. The summed E-state index contributed by atoms with van der Waals surface area (Å²) in [5.41, 5.74) is 0. The maximum Gasteiger partial charge on any atom is 0.322 e. The average molecular weight is 296 g/mol. The van der Waals surface area contributed by atoms with Crippen LogP contribution in [0.15, 0.2) is 0 Å². The van der Waals surface area contributed by atoms with Crippen LogP contribution >= 0.6 is 0 Å². The lowest BCUT2D eigenvalue weighted by Crippen LogP contribution is -2.39. The molecule has 0 spiro atoms. The van der Waals surface area contributed by atoms with Gasteiger partial charge in [0, 0.05) is 13.1 Å². The Labute approximate surface area is 125 Å². The van der Waals surface area contributed by atoms with Crippen LogP contribution in [-0.2, 0) is 4.79 Å². The molecule has 0 aliphatic rings. The van der Waals surface area contributed by atoms with E-state index in [4.69, 9.17) is 4.74 Å². The molecule has 21 heavy (non-hydrogen) atoms. The lowest BCUT2D eigenvalue weighted by molar-refractivity contribution is -0.121. The summed E-state index contributed by atoms with van der Waals surface area (Å²) in [7, 11) is 1.48. The topological polar surface area (TPSA) is 101 Å². The molecule has 0 saturated carbocycles. The van der Waals surface area contributed by atoms with Gasteiger partial charge in [-0.2, -0.15) is 15.0 Å². The minimum absolute atomic E-state index is 0.104. The molecule has 0 radical (unpaired) electrons. The van der Waals surface area contributed by atoms with Gasteiger partial charge in [0.15, 0.2) is 0 Å². The Morgan fingerprint density at radius 3 is 2.43 bits per heavy atom. The zero-order valence-corrected chi connectivity index (χ0v) is 13.2. The molecule has 0 saturated heterocycles. The van der Waals surface area contributed by atoms with Gasteiger partial charge in [0.05, 0.1) is 7.11 Å². The Kier molecular flexibility index (Phi) is 6.64. The summed E-state index contributed by atoms with van der Waals surface area (Å²) in [6.45, 7) is 9.07. The fourth-order valence-corrected chi connectivity index (χ4v) is 1.47. The van der Waals surface area contributed by atoms with Gasteiger partial charge in [0.2, 0.25) is 17.8 Å². The van der Waals surface area contributed by atoms with Crippen molar-refractivity contribution in [2.24, 2.45) is 5.92 Å². The number of aromatic nitrogens is 3. The van der Waals surface area contributed by atoms with E-state index >= 15 is 0 Å². The van der Waals surface area contributed by atoms with E-state index in [1.165, 1.54) is 7.11 Å². The lowest BCUT2D eigenvalue weighted by atomic mass is 10.2. The molecule has 0 aliphatic carbocycles. The molecule has 118 valence electrons. The summed E-state index contributed by atoms with van der Waals surface area (Å²) >= 11 is 0. The van der Waals surface area contributed by atoms with E-state index in [-0.39, 0.29) is 11.9 Å². The number of carbonyl (C=O) groups is 1. The standard InChI is InChI=1S/C13H24N6O2/c1-6-14-11-17-12(19-13(18-11)21-5)16-9(4)10(20)15-7-8(2)3/h8-9H,6-7H2,1-5H3,(H,15,20)(H2,14,16,17,18,19). The van der Waals surface area contributed by atoms with Crippen LogP contribution in [0.2, 0.25) is 0 Å². The highest BCUT2D eigenvalue weighted by Gasteiger charge is 2.15. The van der Waals surface area contributed by atoms with Crippen LogP contribution < -0.4 is 20.7 Å². The van der Waals surface area contributed by atoms with Gasteiger partial charge in [0.1, 0.15) is 6.04 Å². The monoisotopic (exact) mass is 296 g/mol. The highest BCUT2D eigenvalue weighted by atomic mass is 16.5. The van der Waals surface area contributed by atoms with Gasteiger partial charge < -0.3 is 20.7 Å². The van der Waals surface area contributed by atoms with E-state index in [2.05, 4.69) is 30.9 Å². The van der Waals surface area contributed by atoms with Crippen LogP contribution in [0.4, 0.5) is 11.9 Å². The summed E-state index contributed by atoms with van der Waals surface area (Å²) in [4.78, 5) is 24.2. The van der Waals surface area contributed by atoms with Gasteiger partial charge in [0.25, 0.3) is 0 Å². The quantitative estimate of drug-likeness (QED) is 0.654. The number of nitrogens with one attached hydrogen (secondary N) is 3. The fraction of sp³-hybridized carbons (Fsp3) is 0.692. The van der Waals surface area contributed by atoms with Crippen LogP contribution in [0.1, 0.15) is 27.7 Å². The van der Waals surface area contributed by atoms with Crippen LogP contribution in [0.25, 0.3) is 0 Å².